The van der Waals surface area contributed by atoms with Gasteiger partial charge in [-0.05, 0) is 0 Å². The van der Waals surface area contributed by atoms with Crippen LogP contribution in [0.4, 0.5) is 0 Å². The van der Waals surface area contributed by atoms with E-state index in [-0.39, 0.29) is 0 Å². The van der Waals surface area contributed by atoms with Crippen molar-refractivity contribution in [2.75, 3.05) is 14.2 Å². The highest BCUT2D eigenvalue weighted by Gasteiger charge is 2.16. The van der Waals surface area contributed by atoms with Crippen LogP contribution in [-0.4, -0.2) is 19.1 Å². The molecule has 1 atom stereocenters. The van der Waals surface area contributed by atoms with Crippen LogP contribution in [0, 0.1) is 11.8 Å². The van der Waals surface area contributed by atoms with Crippen molar-refractivity contribution in [2.24, 2.45) is 0 Å². The molecule has 70 valence electrons. The normalized spacial score (nSPS) is 12.9. The van der Waals surface area contributed by atoms with Crippen molar-refractivity contribution in [3.63, 3.8) is 0 Å². The van der Waals surface area contributed by atoms with Crippen LogP contribution in [0.2, 0.25) is 0 Å². The van der Waals surface area contributed by atoms with E-state index in [1.54, 1.807) is 6.11 Å². The van der Waals surface area contributed by atoms with Crippen molar-refractivity contribution in [2.45, 2.75) is 0 Å². The van der Waals surface area contributed by atoms with E-state index in [0.29, 0.717) is 0 Å². The number of rotatable bonds is 3. The lowest BCUT2D eigenvalue weighted by atomic mass is 11.3. The van der Waals surface area contributed by atoms with Gasteiger partial charge >= 0.3 is 15.9 Å². The van der Waals surface area contributed by atoms with E-state index >= 15 is 0 Å². The van der Waals surface area contributed by atoms with Crippen molar-refractivity contribution in [1.82, 2.24) is 0 Å². The lowest BCUT2D eigenvalue weighted by Gasteiger charge is -2.03. The van der Waals surface area contributed by atoms with Crippen LogP contribution >= 0.6 is 15.9 Å². The molecule has 0 aliphatic heterocycles. The zero-order valence-electron chi connectivity index (χ0n) is 6.44. The quantitative estimate of drug-likeness (QED) is 0.552. The average molecular weight is 214 g/mol. The van der Waals surface area contributed by atoms with Crippen LogP contribution in [0.25, 0.3) is 0 Å². The highest BCUT2D eigenvalue weighted by atomic mass is 31.2. The van der Waals surface area contributed by atoms with Crippen molar-refractivity contribution in [1.29, 1.82) is 0 Å². The first kappa shape index (κ1) is 11.7. The molecule has 0 saturated carbocycles. The number of hydrogen-bond donors (Lipinski definition) is 1. The van der Waals surface area contributed by atoms with Gasteiger partial charge < -0.3 is 18.5 Å². The molecule has 0 radical (unpaired) electrons. The predicted octanol–water partition coefficient (Wildman–Crippen LogP) is 0.789. The van der Waals surface area contributed by atoms with Crippen molar-refractivity contribution < 1.29 is 27.6 Å². The van der Waals surface area contributed by atoms with Gasteiger partial charge in [0.2, 0.25) is 0 Å². The summed E-state index contributed by atoms with van der Waals surface area (Å²) in [6, 6.07) is 0. The first-order chi connectivity index (χ1) is 5.54. The summed E-state index contributed by atoms with van der Waals surface area (Å²) in [6.45, 7) is 0. The largest absolute Gasteiger partial charge is 0.408 e. The Labute approximate surface area is 70.3 Å². The molecule has 0 aliphatic carbocycles. The van der Waals surface area contributed by atoms with Gasteiger partial charge in [-0.25, -0.2) is 9.13 Å². The molecule has 0 spiro atoms. The molecule has 0 saturated heterocycles. The Balaban J connectivity index is 4.26. The molecule has 0 aromatic rings. The molecule has 1 N–H and O–H groups in total. The second-order valence-electron chi connectivity index (χ2n) is 1.44. The van der Waals surface area contributed by atoms with E-state index in [9.17, 15) is 9.13 Å². The summed E-state index contributed by atoms with van der Waals surface area (Å²) in [5.41, 5.74) is 1.93. The van der Waals surface area contributed by atoms with E-state index in [1.165, 1.54) is 0 Å². The number of hydrogen-bond acceptors (Lipinski definition) is 5. The van der Waals surface area contributed by atoms with E-state index in [4.69, 9.17) is 4.89 Å². The standard InChI is InChI=1S/C4H8O6P2/c1-8-12(7,9-2)4-3-10-11(5)6/h11H,1-2H3,(H,5,6). The zero-order valence-corrected chi connectivity index (χ0v) is 8.33. The molecule has 8 heteroatoms. The van der Waals surface area contributed by atoms with Crippen LogP contribution in [0.1, 0.15) is 0 Å². The first-order valence-electron chi connectivity index (χ1n) is 2.67. The Bertz CT molecular complexity index is 254. The van der Waals surface area contributed by atoms with Crippen LogP contribution in [0.15, 0.2) is 0 Å². The molecule has 1 unspecified atom stereocenters. The molecule has 0 aliphatic rings. The molecular formula is C4H8O6P2. The summed E-state index contributed by atoms with van der Waals surface area (Å²) in [5, 5.41) is 0. The molecule has 0 aromatic heterocycles. The molecule has 0 aromatic carbocycles. The summed E-state index contributed by atoms with van der Waals surface area (Å²) in [5.74, 6) is 0. The monoisotopic (exact) mass is 214 g/mol. The van der Waals surface area contributed by atoms with Crippen LogP contribution in [0.5, 0.6) is 0 Å². The topological polar surface area (TPSA) is 82.1 Å². The summed E-state index contributed by atoms with van der Waals surface area (Å²) in [4.78, 5) is 8.14. The molecule has 6 nitrogen and oxygen atoms in total. The van der Waals surface area contributed by atoms with Gasteiger partial charge in [-0.15, -0.1) is 0 Å². The maximum Gasteiger partial charge on any atom is 0.408 e. The highest BCUT2D eigenvalue weighted by molar-refractivity contribution is 7.59. The second-order valence-corrected chi connectivity index (χ2v) is 4.13. The minimum Gasteiger partial charge on any atom is -0.372 e. The molecule has 0 heterocycles. The van der Waals surface area contributed by atoms with Crippen LogP contribution in [-0.2, 0) is 22.7 Å². The Morgan fingerprint density at radius 2 is 1.92 bits per heavy atom. The van der Waals surface area contributed by atoms with E-state index < -0.39 is 15.9 Å². The van der Waals surface area contributed by atoms with Crippen molar-refractivity contribution in [3.05, 3.63) is 0 Å². The van der Waals surface area contributed by atoms with Crippen molar-refractivity contribution in [3.8, 4) is 11.8 Å². The highest BCUT2D eigenvalue weighted by Crippen LogP contribution is 2.44. The average Bonchev–Trinajstić information content (AvgIpc) is 2.03. The third-order valence-corrected chi connectivity index (χ3v) is 2.40. The van der Waals surface area contributed by atoms with E-state index in [2.05, 4.69) is 13.6 Å². The Morgan fingerprint density at radius 3 is 2.25 bits per heavy atom. The fourth-order valence-electron chi connectivity index (χ4n) is 0.288. The van der Waals surface area contributed by atoms with Crippen molar-refractivity contribution >= 4 is 15.9 Å². The Hall–Kier alpha value is -0.300. The fourth-order valence-corrected chi connectivity index (χ4v) is 1.00. The second kappa shape index (κ2) is 5.36. The van der Waals surface area contributed by atoms with Gasteiger partial charge in [0.1, 0.15) is 6.11 Å². The molecule has 0 fully saturated rings. The summed E-state index contributed by atoms with van der Waals surface area (Å²) >= 11 is 0. The maximum absolute atomic E-state index is 11.1. The molecule has 0 rings (SSSR count). The van der Waals surface area contributed by atoms with E-state index in [0.717, 1.165) is 14.2 Å². The Morgan fingerprint density at radius 1 is 1.42 bits per heavy atom. The van der Waals surface area contributed by atoms with Gasteiger partial charge in [-0.2, -0.15) is 0 Å². The predicted molar refractivity (Wildman–Crippen MR) is 41.7 cm³/mol. The van der Waals surface area contributed by atoms with Gasteiger partial charge in [0.25, 0.3) is 0 Å². The Kier molecular flexibility index (Phi) is 5.23. The van der Waals surface area contributed by atoms with Gasteiger partial charge in [0, 0.05) is 14.2 Å². The summed E-state index contributed by atoms with van der Waals surface area (Å²) in [7, 11) is -4.31. The van der Waals surface area contributed by atoms with Crippen LogP contribution < -0.4 is 0 Å². The molecule has 0 amide bonds. The third-order valence-electron chi connectivity index (χ3n) is 0.802. The summed E-state index contributed by atoms with van der Waals surface area (Å²) < 4.78 is 33.7. The van der Waals surface area contributed by atoms with Gasteiger partial charge in [-0.1, -0.05) is 0 Å². The smallest absolute Gasteiger partial charge is 0.372 e. The minimum atomic E-state index is -3.46. The minimum absolute atomic E-state index is 1.14. The lowest BCUT2D eigenvalue weighted by Crippen LogP contribution is -1.83. The SMILES string of the molecule is COP(=O)(C#CO[PH](=O)O)OC. The zero-order chi connectivity index (χ0) is 9.61. The van der Waals surface area contributed by atoms with Gasteiger partial charge in [0.05, 0.1) is 5.66 Å². The van der Waals surface area contributed by atoms with Crippen LogP contribution in [0.3, 0.4) is 0 Å². The van der Waals surface area contributed by atoms with Gasteiger partial charge in [0.15, 0.2) is 0 Å². The molecule has 12 heavy (non-hydrogen) atoms. The van der Waals surface area contributed by atoms with E-state index in [1.807, 2.05) is 5.66 Å². The molecule has 0 bridgehead atoms. The molecular weight excluding hydrogens is 206 g/mol. The fraction of sp³-hybridized carbons (Fsp3) is 0.500. The maximum atomic E-state index is 11.1. The van der Waals surface area contributed by atoms with Gasteiger partial charge in [-0.3, -0.25) is 0 Å². The lowest BCUT2D eigenvalue weighted by molar-refractivity contribution is 0.288. The first-order valence-corrected chi connectivity index (χ1v) is 5.48. The summed E-state index contributed by atoms with van der Waals surface area (Å²) in [6.07, 6.45) is 1.75. The third kappa shape index (κ3) is 4.55.